The fraction of sp³-hybridized carbons (Fsp3) is 0.222. The van der Waals surface area contributed by atoms with E-state index in [1.54, 1.807) is 0 Å². The van der Waals surface area contributed by atoms with Crippen molar-refractivity contribution in [3.63, 3.8) is 0 Å². The summed E-state index contributed by atoms with van der Waals surface area (Å²) in [5.41, 5.74) is -0.150. The van der Waals surface area contributed by atoms with E-state index in [2.05, 4.69) is 6.58 Å². The molecule has 0 rings (SSSR count). The molecule has 78 valence electrons. The van der Waals surface area contributed by atoms with Crippen molar-refractivity contribution in [3.8, 4) is 0 Å². The fourth-order valence-electron chi connectivity index (χ4n) is 0.766. The molecule has 0 aromatic carbocycles. The van der Waals surface area contributed by atoms with Gasteiger partial charge in [0, 0.05) is 6.26 Å². The average molecular weight is 216 g/mol. The first-order valence-electron chi connectivity index (χ1n) is 3.76. The number of carboxylic acid groups (broad SMARTS) is 1. The molecular formula is C9H12O4S. The van der Waals surface area contributed by atoms with Crippen LogP contribution in [-0.4, -0.2) is 25.7 Å². The number of sulfone groups is 1. The monoisotopic (exact) mass is 216 g/mol. The number of hydrogen-bond acceptors (Lipinski definition) is 3. The molecule has 0 aliphatic carbocycles. The molecule has 0 aromatic heterocycles. The van der Waals surface area contributed by atoms with Crippen molar-refractivity contribution in [2.75, 3.05) is 6.26 Å². The number of aliphatic carboxylic acids is 1. The highest BCUT2D eigenvalue weighted by molar-refractivity contribution is 7.94. The molecule has 0 heterocycles. The van der Waals surface area contributed by atoms with Crippen LogP contribution in [0, 0.1) is 0 Å². The number of rotatable bonds is 4. The molecule has 0 aliphatic heterocycles. The second-order valence-electron chi connectivity index (χ2n) is 2.57. The second kappa shape index (κ2) is 4.76. The Labute approximate surface area is 83.2 Å². The van der Waals surface area contributed by atoms with E-state index >= 15 is 0 Å². The zero-order valence-corrected chi connectivity index (χ0v) is 8.84. The Kier molecular flexibility index (Phi) is 4.30. The molecule has 14 heavy (non-hydrogen) atoms. The highest BCUT2D eigenvalue weighted by atomic mass is 32.2. The molecule has 0 bridgehead atoms. The third-order valence-electron chi connectivity index (χ3n) is 1.48. The predicted molar refractivity (Wildman–Crippen MR) is 54.5 cm³/mol. The van der Waals surface area contributed by atoms with E-state index in [1.807, 2.05) is 0 Å². The van der Waals surface area contributed by atoms with Crippen LogP contribution in [0.25, 0.3) is 0 Å². The summed E-state index contributed by atoms with van der Waals surface area (Å²) in [7, 11) is -3.38. The van der Waals surface area contributed by atoms with E-state index in [9.17, 15) is 13.2 Å². The van der Waals surface area contributed by atoms with E-state index in [0.717, 1.165) is 18.4 Å². The van der Waals surface area contributed by atoms with Gasteiger partial charge >= 0.3 is 5.97 Å². The van der Waals surface area contributed by atoms with Crippen molar-refractivity contribution < 1.29 is 18.3 Å². The molecular weight excluding hydrogens is 204 g/mol. The van der Waals surface area contributed by atoms with Gasteiger partial charge in [0.1, 0.15) is 0 Å². The van der Waals surface area contributed by atoms with Gasteiger partial charge in [0.15, 0.2) is 9.84 Å². The van der Waals surface area contributed by atoms with Crippen LogP contribution in [0.5, 0.6) is 0 Å². The predicted octanol–water partition coefficient (Wildman–Crippen LogP) is 1.13. The van der Waals surface area contributed by atoms with Crippen LogP contribution < -0.4 is 0 Å². The first-order chi connectivity index (χ1) is 6.32. The molecule has 0 fully saturated rings. The zero-order chi connectivity index (χ0) is 11.4. The van der Waals surface area contributed by atoms with Gasteiger partial charge in [-0.3, -0.25) is 0 Å². The molecule has 0 atom stereocenters. The Balaban J connectivity index is 5.34. The molecule has 0 saturated carbocycles. The molecule has 0 spiro atoms. The fourth-order valence-corrected chi connectivity index (χ4v) is 1.53. The van der Waals surface area contributed by atoms with Gasteiger partial charge in [-0.15, -0.1) is 0 Å². The van der Waals surface area contributed by atoms with Crippen molar-refractivity contribution in [2.45, 2.75) is 6.92 Å². The zero-order valence-electron chi connectivity index (χ0n) is 8.02. The lowest BCUT2D eigenvalue weighted by molar-refractivity contribution is -0.132. The molecule has 0 saturated heterocycles. The van der Waals surface area contributed by atoms with Gasteiger partial charge in [0.2, 0.25) is 0 Å². The summed E-state index contributed by atoms with van der Waals surface area (Å²) in [6.07, 6.45) is 4.52. The summed E-state index contributed by atoms with van der Waals surface area (Å²) in [5.74, 6) is -1.21. The van der Waals surface area contributed by atoms with Gasteiger partial charge < -0.3 is 5.11 Å². The van der Waals surface area contributed by atoms with Crippen molar-refractivity contribution in [3.05, 3.63) is 35.3 Å². The second-order valence-corrected chi connectivity index (χ2v) is 4.59. The summed E-state index contributed by atoms with van der Waals surface area (Å²) in [6, 6.07) is 0. The lowest BCUT2D eigenvalue weighted by Gasteiger charge is -1.99. The smallest absolute Gasteiger partial charge is 0.335 e. The Bertz CT molecular complexity index is 399. The summed E-state index contributed by atoms with van der Waals surface area (Å²) in [4.78, 5) is 10.5. The van der Waals surface area contributed by atoms with Gasteiger partial charge in [-0.25, -0.2) is 13.2 Å². The van der Waals surface area contributed by atoms with Gasteiger partial charge in [-0.05, 0) is 13.0 Å². The van der Waals surface area contributed by atoms with Crippen LogP contribution in [-0.2, 0) is 14.6 Å². The third-order valence-corrected chi connectivity index (χ3v) is 2.69. The van der Waals surface area contributed by atoms with Crippen LogP contribution in [0.15, 0.2) is 35.3 Å². The number of carbonyl (C=O) groups is 1. The van der Waals surface area contributed by atoms with E-state index in [1.165, 1.54) is 13.0 Å². The van der Waals surface area contributed by atoms with Crippen molar-refractivity contribution in [1.82, 2.24) is 0 Å². The molecule has 5 heteroatoms. The normalized spacial score (nSPS) is 13.9. The highest BCUT2D eigenvalue weighted by Gasteiger charge is 2.10. The van der Waals surface area contributed by atoms with Crippen LogP contribution in [0.1, 0.15) is 6.92 Å². The van der Waals surface area contributed by atoms with Crippen molar-refractivity contribution in [1.29, 1.82) is 0 Å². The van der Waals surface area contributed by atoms with E-state index in [0.29, 0.717) is 0 Å². The quantitative estimate of drug-likeness (QED) is 0.565. The summed E-state index contributed by atoms with van der Waals surface area (Å²) >= 11 is 0. The van der Waals surface area contributed by atoms with Gasteiger partial charge in [-0.2, -0.15) is 0 Å². The van der Waals surface area contributed by atoms with Crippen LogP contribution in [0.4, 0.5) is 0 Å². The standard InChI is InChI=1S/C9H12O4S/c1-4-7(9(10)11)6-8(5-2)14(3,12)13/h4-6H,1H2,2-3H3,(H,10,11)/b7-6+,8-5+. The SMILES string of the molecule is C=C/C(=C\C(=C/C)S(C)(=O)=O)C(=O)O. The maximum atomic E-state index is 11.1. The summed E-state index contributed by atoms with van der Waals surface area (Å²) in [6.45, 7) is 4.80. The lowest BCUT2D eigenvalue weighted by atomic mass is 10.2. The minimum absolute atomic E-state index is 0.0326. The molecule has 0 aromatic rings. The maximum absolute atomic E-state index is 11.1. The van der Waals surface area contributed by atoms with Crippen LogP contribution in [0.3, 0.4) is 0 Å². The minimum atomic E-state index is -3.38. The van der Waals surface area contributed by atoms with Crippen molar-refractivity contribution in [2.24, 2.45) is 0 Å². The van der Waals surface area contributed by atoms with Crippen molar-refractivity contribution >= 4 is 15.8 Å². The summed E-state index contributed by atoms with van der Waals surface area (Å²) < 4.78 is 22.2. The van der Waals surface area contributed by atoms with Gasteiger partial charge in [0.05, 0.1) is 10.5 Å². The Hall–Kier alpha value is -1.36. The number of allylic oxidation sites excluding steroid dienone is 2. The molecule has 1 N–H and O–H groups in total. The van der Waals surface area contributed by atoms with Gasteiger partial charge in [-0.1, -0.05) is 18.7 Å². The van der Waals surface area contributed by atoms with Crippen LogP contribution in [0.2, 0.25) is 0 Å². The van der Waals surface area contributed by atoms with E-state index in [-0.39, 0.29) is 10.5 Å². The average Bonchev–Trinajstić information content (AvgIpc) is 2.03. The largest absolute Gasteiger partial charge is 0.478 e. The molecule has 0 aliphatic rings. The maximum Gasteiger partial charge on any atom is 0.335 e. The number of carboxylic acids is 1. The molecule has 0 radical (unpaired) electrons. The van der Waals surface area contributed by atoms with Gasteiger partial charge in [0.25, 0.3) is 0 Å². The first kappa shape index (κ1) is 12.6. The Morgan fingerprint density at radius 1 is 1.43 bits per heavy atom. The molecule has 4 nitrogen and oxygen atoms in total. The van der Waals surface area contributed by atoms with E-state index in [4.69, 9.17) is 5.11 Å². The topological polar surface area (TPSA) is 71.4 Å². The van der Waals surface area contributed by atoms with E-state index < -0.39 is 15.8 Å². The first-order valence-corrected chi connectivity index (χ1v) is 5.66. The Morgan fingerprint density at radius 3 is 2.14 bits per heavy atom. The minimum Gasteiger partial charge on any atom is -0.478 e. The Morgan fingerprint density at radius 2 is 1.93 bits per heavy atom. The lowest BCUT2D eigenvalue weighted by Crippen LogP contribution is -2.03. The number of hydrogen-bond donors (Lipinski definition) is 1. The summed E-state index contributed by atoms with van der Waals surface area (Å²) in [5, 5.41) is 8.62. The third kappa shape index (κ3) is 3.57. The highest BCUT2D eigenvalue weighted by Crippen LogP contribution is 2.10. The van der Waals surface area contributed by atoms with Crippen LogP contribution >= 0.6 is 0 Å². The molecule has 0 unspecified atom stereocenters. The molecule has 0 amide bonds.